The quantitative estimate of drug-likeness (QED) is 0.482. The number of amides is 1. The van der Waals surface area contributed by atoms with Crippen LogP contribution in [0, 0.1) is 12.7 Å². The van der Waals surface area contributed by atoms with E-state index in [-0.39, 0.29) is 17.7 Å². The normalized spacial score (nSPS) is 18.5. The van der Waals surface area contributed by atoms with Crippen LogP contribution in [-0.4, -0.2) is 34.2 Å². The lowest BCUT2D eigenvalue weighted by Crippen LogP contribution is -2.34. The van der Waals surface area contributed by atoms with E-state index in [1.807, 2.05) is 6.92 Å². The van der Waals surface area contributed by atoms with Crippen molar-refractivity contribution >= 4 is 23.4 Å². The van der Waals surface area contributed by atoms with Crippen LogP contribution in [0.3, 0.4) is 0 Å². The maximum atomic E-state index is 13.8. The van der Waals surface area contributed by atoms with E-state index in [0.29, 0.717) is 5.56 Å². The zero-order valence-electron chi connectivity index (χ0n) is 15.0. The molecule has 7 heteroatoms. The number of nitrogens with zero attached hydrogens (tertiary/aromatic N) is 1. The number of benzene rings is 2. The third-order valence-electron chi connectivity index (χ3n) is 4.59. The predicted molar refractivity (Wildman–Crippen MR) is 96.2 cm³/mol. The molecule has 0 bridgehead atoms. The van der Waals surface area contributed by atoms with E-state index in [0.717, 1.165) is 16.5 Å². The van der Waals surface area contributed by atoms with Crippen molar-refractivity contribution in [3.05, 3.63) is 76.6 Å². The van der Waals surface area contributed by atoms with E-state index in [1.54, 1.807) is 24.3 Å². The fourth-order valence-electron chi connectivity index (χ4n) is 3.21. The summed E-state index contributed by atoms with van der Waals surface area (Å²) in [5.74, 6) is -4.28. The number of ketones is 1. The van der Waals surface area contributed by atoms with Gasteiger partial charge in [0.15, 0.2) is 0 Å². The topological polar surface area (TPSA) is 97.7 Å². The number of carbonyl (C=O) groups excluding carboxylic acids is 3. The lowest BCUT2D eigenvalue weighted by molar-refractivity contribution is -0.305. The Balaban J connectivity index is 2.16. The van der Waals surface area contributed by atoms with Gasteiger partial charge >= 0.3 is 0 Å². The highest BCUT2D eigenvalue weighted by Gasteiger charge is 2.45. The van der Waals surface area contributed by atoms with Crippen molar-refractivity contribution in [2.75, 3.05) is 6.54 Å². The molecule has 2 aromatic carbocycles. The van der Waals surface area contributed by atoms with E-state index in [4.69, 9.17) is 0 Å². The second-order valence-corrected chi connectivity index (χ2v) is 6.54. The number of rotatable bonds is 5. The third kappa shape index (κ3) is 3.64. The first-order valence-electron chi connectivity index (χ1n) is 8.60. The number of aliphatic hydroxyl groups excluding tert-OH is 1. The largest absolute Gasteiger partial charge is 0.550 e. The number of carbonyl (C=O) groups is 3. The molecule has 1 N–H and O–H groups in total. The maximum absolute atomic E-state index is 13.8. The number of likely N-dealkylation sites (tertiary alicyclic amines) is 1. The molecule has 1 saturated heterocycles. The van der Waals surface area contributed by atoms with Gasteiger partial charge in [-0.05, 0) is 24.6 Å². The number of carboxylic acid groups (broad SMARTS) is 1. The van der Waals surface area contributed by atoms with Gasteiger partial charge in [-0.3, -0.25) is 9.59 Å². The Bertz CT molecular complexity index is 981. The van der Waals surface area contributed by atoms with E-state index in [9.17, 15) is 29.0 Å². The highest BCUT2D eigenvalue weighted by molar-refractivity contribution is 6.46. The molecule has 6 nitrogen and oxygen atoms in total. The second kappa shape index (κ2) is 7.64. The van der Waals surface area contributed by atoms with Crippen LogP contribution in [0.5, 0.6) is 0 Å². The van der Waals surface area contributed by atoms with Gasteiger partial charge in [0.05, 0.1) is 11.6 Å². The van der Waals surface area contributed by atoms with Crippen molar-refractivity contribution in [3.63, 3.8) is 0 Å². The van der Waals surface area contributed by atoms with Gasteiger partial charge in [-0.15, -0.1) is 0 Å². The van der Waals surface area contributed by atoms with Crippen LogP contribution < -0.4 is 5.11 Å². The summed E-state index contributed by atoms with van der Waals surface area (Å²) >= 11 is 0. The van der Waals surface area contributed by atoms with Gasteiger partial charge in [0.1, 0.15) is 11.6 Å². The van der Waals surface area contributed by atoms with E-state index >= 15 is 0 Å². The molecule has 1 aliphatic rings. The van der Waals surface area contributed by atoms with Crippen LogP contribution >= 0.6 is 0 Å². The van der Waals surface area contributed by atoms with Crippen LogP contribution in [0.25, 0.3) is 5.76 Å². The number of carboxylic acids is 1. The number of Topliss-reactive ketones (excluding diaryl/α,β-unsaturated/α-hetero) is 1. The molecule has 1 aliphatic heterocycles. The summed E-state index contributed by atoms with van der Waals surface area (Å²) in [4.78, 5) is 37.0. The fourth-order valence-corrected chi connectivity index (χ4v) is 3.21. The average molecular weight is 382 g/mol. The van der Waals surface area contributed by atoms with Gasteiger partial charge < -0.3 is 19.9 Å². The number of hydrogen-bond acceptors (Lipinski definition) is 5. The summed E-state index contributed by atoms with van der Waals surface area (Å²) in [6, 6.07) is 10.8. The minimum atomic E-state index is -1.39. The molecular weight excluding hydrogens is 365 g/mol. The number of aryl methyl sites for hydroxylation is 1. The van der Waals surface area contributed by atoms with Crippen LogP contribution in [-0.2, 0) is 14.4 Å². The molecule has 144 valence electrons. The van der Waals surface area contributed by atoms with Crippen molar-refractivity contribution < 1.29 is 29.0 Å². The molecule has 1 fully saturated rings. The summed E-state index contributed by atoms with van der Waals surface area (Å²) in [5, 5.41) is 21.6. The predicted octanol–water partition coefficient (Wildman–Crippen LogP) is 1.70. The van der Waals surface area contributed by atoms with Crippen LogP contribution in [0.15, 0.2) is 54.1 Å². The Kier molecular flexibility index (Phi) is 5.26. The molecule has 0 unspecified atom stereocenters. The highest BCUT2D eigenvalue weighted by Crippen LogP contribution is 2.39. The molecule has 2 aromatic rings. The first-order valence-corrected chi connectivity index (χ1v) is 8.60. The van der Waals surface area contributed by atoms with Crippen molar-refractivity contribution in [1.29, 1.82) is 0 Å². The summed E-state index contributed by atoms with van der Waals surface area (Å²) in [6.45, 7) is 1.55. The molecule has 1 heterocycles. The van der Waals surface area contributed by atoms with Gasteiger partial charge in [-0.1, -0.05) is 42.0 Å². The van der Waals surface area contributed by atoms with E-state index < -0.39 is 41.7 Å². The molecule has 0 spiro atoms. The molecule has 3 rings (SSSR count). The van der Waals surface area contributed by atoms with Gasteiger partial charge in [-0.2, -0.15) is 0 Å². The highest BCUT2D eigenvalue weighted by atomic mass is 19.1. The van der Waals surface area contributed by atoms with Crippen molar-refractivity contribution in [3.8, 4) is 0 Å². The van der Waals surface area contributed by atoms with Gasteiger partial charge in [0.25, 0.3) is 11.7 Å². The molecule has 1 amide bonds. The van der Waals surface area contributed by atoms with Crippen LogP contribution in [0.4, 0.5) is 4.39 Å². The Labute approximate surface area is 160 Å². The van der Waals surface area contributed by atoms with Gasteiger partial charge in [0, 0.05) is 24.5 Å². The Hall–Kier alpha value is -3.48. The Morgan fingerprint density at radius 2 is 1.86 bits per heavy atom. The van der Waals surface area contributed by atoms with Gasteiger partial charge in [0.2, 0.25) is 0 Å². The van der Waals surface area contributed by atoms with Crippen molar-refractivity contribution in [2.45, 2.75) is 19.4 Å². The van der Waals surface area contributed by atoms with E-state index in [2.05, 4.69) is 0 Å². The maximum Gasteiger partial charge on any atom is 0.295 e. The first kappa shape index (κ1) is 19.3. The second-order valence-electron chi connectivity index (χ2n) is 6.54. The third-order valence-corrected chi connectivity index (χ3v) is 4.59. The number of aliphatic carboxylic acids is 1. The summed E-state index contributed by atoms with van der Waals surface area (Å²) < 4.78 is 13.8. The smallest absolute Gasteiger partial charge is 0.295 e. The minimum absolute atomic E-state index is 0.210. The molecule has 1 atom stereocenters. The Morgan fingerprint density at radius 1 is 1.18 bits per heavy atom. The summed E-state index contributed by atoms with van der Waals surface area (Å²) in [5.41, 5.74) is 1.31. The standard InChI is InChI=1S/C21H18FNO5/c1-12-5-7-13(8-6-12)19(26)17-18(14-3-2-4-15(22)11-14)23(10-9-16(24)25)21(28)20(17)27/h2-8,11,18,26H,9-10H2,1H3,(H,24,25)/p-1/t18-/m1/s1. The average Bonchev–Trinajstić information content (AvgIpc) is 2.91. The van der Waals surface area contributed by atoms with Crippen LogP contribution in [0.1, 0.15) is 29.2 Å². The zero-order valence-corrected chi connectivity index (χ0v) is 15.0. The summed E-state index contributed by atoms with van der Waals surface area (Å²) in [6.07, 6.45) is -0.497. The minimum Gasteiger partial charge on any atom is -0.550 e. The molecular formula is C21H17FNO5-. The lowest BCUT2D eigenvalue weighted by Gasteiger charge is -2.25. The molecule has 28 heavy (non-hydrogen) atoms. The first-order chi connectivity index (χ1) is 13.3. The monoisotopic (exact) mass is 382 g/mol. The fraction of sp³-hybridized carbons (Fsp3) is 0.190. The summed E-state index contributed by atoms with van der Waals surface area (Å²) in [7, 11) is 0. The zero-order chi connectivity index (χ0) is 20.4. The number of halogens is 1. The van der Waals surface area contributed by atoms with Crippen LogP contribution in [0.2, 0.25) is 0 Å². The molecule has 0 aromatic heterocycles. The molecule has 0 radical (unpaired) electrons. The SMILES string of the molecule is Cc1ccc(C(O)=C2C(=O)C(=O)N(CCC(=O)[O-])[C@@H]2c2cccc(F)c2)cc1. The molecule has 0 aliphatic carbocycles. The van der Waals surface area contributed by atoms with Crippen molar-refractivity contribution in [2.24, 2.45) is 0 Å². The molecule has 0 saturated carbocycles. The number of aliphatic hydroxyl groups is 1. The number of hydrogen-bond donors (Lipinski definition) is 1. The van der Waals surface area contributed by atoms with Gasteiger partial charge in [-0.25, -0.2) is 4.39 Å². The Morgan fingerprint density at radius 3 is 2.46 bits per heavy atom. The lowest BCUT2D eigenvalue weighted by atomic mass is 9.95. The van der Waals surface area contributed by atoms with E-state index in [1.165, 1.54) is 18.2 Å². The van der Waals surface area contributed by atoms with Crippen molar-refractivity contribution in [1.82, 2.24) is 4.90 Å².